The Morgan fingerprint density at radius 3 is 2.52 bits per heavy atom. The maximum Gasteiger partial charge on any atom is 0.219 e. The monoisotopic (exact) mass is 391 g/mol. The van der Waals surface area contributed by atoms with Gasteiger partial charge in [-0.1, -0.05) is 0 Å². The first-order valence-corrected chi connectivity index (χ1v) is 10.6. The molecule has 1 unspecified atom stereocenters. The zero-order valence-corrected chi connectivity index (χ0v) is 15.6. The molecule has 1 atom stereocenters. The van der Waals surface area contributed by atoms with Gasteiger partial charge in [0.25, 0.3) is 0 Å². The molecule has 1 aromatic carbocycles. The summed E-state index contributed by atoms with van der Waals surface area (Å²) in [5.41, 5.74) is 8.01. The van der Waals surface area contributed by atoms with E-state index in [1.807, 2.05) is 0 Å². The van der Waals surface area contributed by atoms with Crippen LogP contribution in [0.5, 0.6) is 0 Å². The van der Waals surface area contributed by atoms with Crippen LogP contribution in [0.4, 0.5) is 4.39 Å². The molecule has 4 rings (SSSR count). The van der Waals surface area contributed by atoms with E-state index in [2.05, 4.69) is 20.8 Å². The highest BCUT2D eigenvalue weighted by Gasteiger charge is 2.38. The van der Waals surface area contributed by atoms with Crippen molar-refractivity contribution < 1.29 is 12.8 Å². The predicted molar refractivity (Wildman–Crippen MR) is 99.7 cm³/mol. The van der Waals surface area contributed by atoms with Crippen molar-refractivity contribution in [2.24, 2.45) is 0 Å². The minimum Gasteiger partial charge on any atom is -0.257 e. The predicted octanol–water partition coefficient (Wildman–Crippen LogP) is 1.27. The molecule has 2 aliphatic heterocycles. The van der Waals surface area contributed by atoms with Gasteiger partial charge in [0.1, 0.15) is 11.1 Å². The lowest BCUT2D eigenvalue weighted by Gasteiger charge is -2.33. The van der Waals surface area contributed by atoms with Crippen molar-refractivity contribution >= 4 is 10.0 Å². The molecule has 7 nitrogen and oxygen atoms in total. The number of nitrogens with one attached hydrogen (secondary N) is 2. The van der Waals surface area contributed by atoms with Gasteiger partial charge in [-0.3, -0.25) is 20.8 Å². The van der Waals surface area contributed by atoms with Gasteiger partial charge in [0.05, 0.1) is 11.4 Å². The van der Waals surface area contributed by atoms with Crippen molar-refractivity contribution in [1.82, 2.24) is 25.1 Å². The van der Waals surface area contributed by atoms with E-state index in [9.17, 15) is 12.8 Å². The van der Waals surface area contributed by atoms with E-state index >= 15 is 0 Å². The zero-order chi connectivity index (χ0) is 18.9. The van der Waals surface area contributed by atoms with Crippen LogP contribution in [-0.4, -0.2) is 54.1 Å². The first-order chi connectivity index (χ1) is 13.1. The molecule has 2 N–H and O–H groups in total. The third-order valence-electron chi connectivity index (χ3n) is 5.18. The topological polar surface area (TPSA) is 87.2 Å². The molecular weight excluding hydrogens is 369 g/mol. The van der Waals surface area contributed by atoms with Gasteiger partial charge in [-0.25, -0.2) is 17.1 Å². The van der Waals surface area contributed by atoms with Crippen LogP contribution in [0.3, 0.4) is 0 Å². The zero-order valence-electron chi connectivity index (χ0n) is 14.8. The van der Waals surface area contributed by atoms with Crippen LogP contribution < -0.4 is 10.9 Å². The second-order valence-electron chi connectivity index (χ2n) is 6.92. The fraction of sp³-hybridized carbons (Fsp3) is 0.444. The van der Waals surface area contributed by atoms with Crippen LogP contribution in [0.2, 0.25) is 0 Å². The summed E-state index contributed by atoms with van der Waals surface area (Å²) in [6.45, 7) is 1.75. The normalized spacial score (nSPS) is 22.2. The molecule has 2 aliphatic rings. The van der Waals surface area contributed by atoms with E-state index < -0.39 is 15.3 Å². The average molecular weight is 391 g/mol. The Morgan fingerprint density at radius 1 is 1.07 bits per heavy atom. The summed E-state index contributed by atoms with van der Waals surface area (Å²) in [6.07, 6.45) is 4.85. The molecule has 144 valence electrons. The molecular formula is C18H22FN5O2S. The summed E-state index contributed by atoms with van der Waals surface area (Å²) < 4.78 is 40.7. The smallest absolute Gasteiger partial charge is 0.219 e. The highest BCUT2D eigenvalue weighted by atomic mass is 32.2. The summed E-state index contributed by atoms with van der Waals surface area (Å²) in [6, 6.07) is 6.14. The summed E-state index contributed by atoms with van der Waals surface area (Å²) in [7, 11) is -3.38. The quantitative estimate of drug-likeness (QED) is 0.816. The maximum absolute atomic E-state index is 13.3. The molecule has 2 fully saturated rings. The SMILES string of the molecule is O=S(=O)(C1CNNC1)N1CCCC(c2nccnc2-c2ccc(F)cc2)C1. The number of aromatic nitrogens is 2. The second-order valence-corrected chi connectivity index (χ2v) is 9.14. The van der Waals surface area contributed by atoms with Crippen molar-refractivity contribution in [2.45, 2.75) is 24.0 Å². The van der Waals surface area contributed by atoms with Crippen molar-refractivity contribution in [3.63, 3.8) is 0 Å². The number of halogens is 1. The van der Waals surface area contributed by atoms with Crippen LogP contribution in [0.15, 0.2) is 36.7 Å². The maximum atomic E-state index is 13.3. The fourth-order valence-corrected chi connectivity index (χ4v) is 5.52. The van der Waals surface area contributed by atoms with E-state index in [1.165, 1.54) is 12.1 Å². The average Bonchev–Trinajstić information content (AvgIpc) is 3.24. The Labute approximate surface area is 158 Å². The van der Waals surface area contributed by atoms with Gasteiger partial charge in [-0.05, 0) is 37.1 Å². The molecule has 0 amide bonds. The number of piperidine rings is 1. The molecule has 0 bridgehead atoms. The molecule has 1 aromatic heterocycles. The number of rotatable bonds is 4. The van der Waals surface area contributed by atoms with Crippen molar-refractivity contribution in [3.05, 3.63) is 48.2 Å². The van der Waals surface area contributed by atoms with E-state index in [4.69, 9.17) is 0 Å². The third kappa shape index (κ3) is 3.73. The Bertz CT molecular complexity index is 900. The molecule has 0 spiro atoms. The molecule has 2 aromatic rings. The minimum absolute atomic E-state index is 0.0374. The molecule has 27 heavy (non-hydrogen) atoms. The van der Waals surface area contributed by atoms with Gasteiger partial charge in [-0.15, -0.1) is 0 Å². The van der Waals surface area contributed by atoms with Crippen LogP contribution in [0, 0.1) is 5.82 Å². The van der Waals surface area contributed by atoms with E-state index in [-0.39, 0.29) is 11.7 Å². The van der Waals surface area contributed by atoms with Gasteiger partial charge in [0.15, 0.2) is 0 Å². The highest BCUT2D eigenvalue weighted by molar-refractivity contribution is 7.89. The number of nitrogens with zero attached hydrogens (tertiary/aromatic N) is 3. The number of sulfonamides is 1. The summed E-state index contributed by atoms with van der Waals surface area (Å²) >= 11 is 0. The molecule has 0 radical (unpaired) electrons. The number of hydrogen-bond acceptors (Lipinski definition) is 6. The molecule has 3 heterocycles. The van der Waals surface area contributed by atoms with Crippen LogP contribution in [0.25, 0.3) is 11.3 Å². The minimum atomic E-state index is -3.38. The summed E-state index contributed by atoms with van der Waals surface area (Å²) in [4.78, 5) is 8.96. The third-order valence-corrected chi connectivity index (χ3v) is 7.41. The molecule has 2 saturated heterocycles. The highest BCUT2D eigenvalue weighted by Crippen LogP contribution is 2.33. The van der Waals surface area contributed by atoms with Gasteiger partial charge in [0.2, 0.25) is 10.0 Å². The first-order valence-electron chi connectivity index (χ1n) is 9.07. The van der Waals surface area contributed by atoms with Crippen molar-refractivity contribution in [3.8, 4) is 11.3 Å². The number of hydrogen-bond donors (Lipinski definition) is 2. The number of hydrazine groups is 1. The second kappa shape index (κ2) is 7.59. The lowest BCUT2D eigenvalue weighted by Crippen LogP contribution is -2.45. The van der Waals surface area contributed by atoms with Gasteiger partial charge in [-0.2, -0.15) is 0 Å². The first kappa shape index (κ1) is 18.4. The van der Waals surface area contributed by atoms with Crippen molar-refractivity contribution in [2.75, 3.05) is 26.2 Å². The van der Waals surface area contributed by atoms with E-state index in [1.54, 1.807) is 28.8 Å². The largest absolute Gasteiger partial charge is 0.257 e. The fourth-order valence-electron chi connectivity index (χ4n) is 3.74. The van der Waals surface area contributed by atoms with Gasteiger partial charge in [0, 0.05) is 50.1 Å². The molecule has 9 heteroatoms. The lowest BCUT2D eigenvalue weighted by atomic mass is 9.92. The Balaban J connectivity index is 1.61. The Hall–Kier alpha value is -1.94. The van der Waals surface area contributed by atoms with Crippen LogP contribution in [-0.2, 0) is 10.0 Å². The van der Waals surface area contributed by atoms with Gasteiger partial charge < -0.3 is 0 Å². The Morgan fingerprint density at radius 2 is 1.78 bits per heavy atom. The standard InChI is InChI=1S/C18H22FN5O2S/c19-15-5-3-13(4-6-15)17-18(21-8-7-20-17)14-2-1-9-24(12-14)27(25,26)16-10-22-23-11-16/h3-8,14,16,22-23H,1-2,9-12H2. The molecule has 0 saturated carbocycles. The summed E-state index contributed by atoms with van der Waals surface area (Å²) in [5, 5.41) is -0.449. The van der Waals surface area contributed by atoms with Crippen molar-refractivity contribution in [1.29, 1.82) is 0 Å². The van der Waals surface area contributed by atoms with Crippen LogP contribution in [0.1, 0.15) is 24.5 Å². The summed E-state index contributed by atoms with van der Waals surface area (Å²) in [5.74, 6) is -0.345. The Kier molecular flexibility index (Phi) is 5.18. The van der Waals surface area contributed by atoms with Crippen LogP contribution >= 0.6 is 0 Å². The van der Waals surface area contributed by atoms with Gasteiger partial charge >= 0.3 is 0 Å². The van der Waals surface area contributed by atoms with E-state index in [0.29, 0.717) is 31.9 Å². The number of benzene rings is 1. The van der Waals surface area contributed by atoms with E-state index in [0.717, 1.165) is 24.1 Å². The lowest BCUT2D eigenvalue weighted by molar-refractivity contribution is 0.310. The molecule has 0 aliphatic carbocycles.